The predicted molar refractivity (Wildman–Crippen MR) is 69.8 cm³/mol. The van der Waals surface area contributed by atoms with Gasteiger partial charge in [0, 0.05) is 0 Å². The van der Waals surface area contributed by atoms with Gasteiger partial charge in [0.15, 0.2) is 0 Å². The van der Waals surface area contributed by atoms with Gasteiger partial charge in [-0.15, -0.1) is 0 Å². The average molecular weight is 304 g/mol. The molecule has 0 saturated heterocycles. The van der Waals surface area contributed by atoms with Crippen LogP contribution in [-0.4, -0.2) is 44.3 Å². The van der Waals surface area contributed by atoms with Gasteiger partial charge in [-0.3, -0.25) is 19.2 Å². The first-order valence-electron chi connectivity index (χ1n) is 6.63. The molecule has 4 N–H and O–H groups in total. The first kappa shape index (κ1) is 18.9. The molecule has 0 spiro atoms. The highest BCUT2D eigenvalue weighted by Crippen LogP contribution is 2.18. The molecule has 0 aliphatic heterocycles. The third-order valence-electron chi connectivity index (χ3n) is 3.15. The number of hydrogen-bond donors (Lipinski definition) is 4. The van der Waals surface area contributed by atoms with Crippen molar-refractivity contribution in [3.05, 3.63) is 0 Å². The Kier molecular flexibility index (Phi) is 8.75. The van der Waals surface area contributed by atoms with E-state index in [4.69, 9.17) is 20.4 Å². The second kappa shape index (κ2) is 9.73. The zero-order valence-corrected chi connectivity index (χ0v) is 11.5. The molecule has 0 aromatic carbocycles. The van der Waals surface area contributed by atoms with E-state index in [9.17, 15) is 19.2 Å². The van der Waals surface area contributed by atoms with Crippen LogP contribution in [0.1, 0.15) is 44.9 Å². The minimum atomic E-state index is -1.17. The molecule has 0 aromatic rings. The maximum absolute atomic E-state index is 10.8. The van der Waals surface area contributed by atoms with Gasteiger partial charge in [0.2, 0.25) is 0 Å². The van der Waals surface area contributed by atoms with Crippen molar-refractivity contribution >= 4 is 23.9 Å². The predicted octanol–water partition coefficient (Wildman–Crippen LogP) is 1.29. The molecule has 0 aliphatic carbocycles. The summed E-state index contributed by atoms with van der Waals surface area (Å²) in [6, 6.07) is 0. The third kappa shape index (κ3) is 9.42. The molecule has 2 unspecified atom stereocenters. The van der Waals surface area contributed by atoms with Gasteiger partial charge in [0.1, 0.15) is 0 Å². The fraction of sp³-hybridized carbons (Fsp3) is 0.692. The van der Waals surface area contributed by atoms with Gasteiger partial charge < -0.3 is 20.4 Å². The molecule has 0 radical (unpaired) electrons. The second-order valence-corrected chi connectivity index (χ2v) is 4.90. The minimum Gasteiger partial charge on any atom is -0.481 e. The fourth-order valence-electron chi connectivity index (χ4n) is 2.01. The minimum absolute atomic E-state index is 0.207. The molecule has 0 aromatic heterocycles. The summed E-state index contributed by atoms with van der Waals surface area (Å²) in [6.07, 6.45) is 0.995. The van der Waals surface area contributed by atoms with Crippen LogP contribution < -0.4 is 0 Å². The van der Waals surface area contributed by atoms with Crippen molar-refractivity contribution in [2.45, 2.75) is 44.9 Å². The quantitative estimate of drug-likeness (QED) is 0.394. The Morgan fingerprint density at radius 2 is 0.952 bits per heavy atom. The SMILES string of the molecule is O=C(O)CC(CCCCCC(CC(=O)O)C(=O)O)C(=O)O. The molecule has 120 valence electrons. The zero-order chi connectivity index (χ0) is 16.4. The molecule has 8 nitrogen and oxygen atoms in total. The number of hydrogen-bond acceptors (Lipinski definition) is 4. The number of aliphatic carboxylic acids is 4. The molecule has 0 fully saturated rings. The highest BCUT2D eigenvalue weighted by molar-refractivity contribution is 5.78. The van der Waals surface area contributed by atoms with E-state index in [1.807, 2.05) is 0 Å². The lowest BCUT2D eigenvalue weighted by Crippen LogP contribution is -2.18. The van der Waals surface area contributed by atoms with Crippen molar-refractivity contribution in [2.24, 2.45) is 11.8 Å². The Labute approximate surface area is 121 Å². The van der Waals surface area contributed by atoms with Crippen LogP contribution in [0.3, 0.4) is 0 Å². The molecule has 0 bridgehead atoms. The molecule has 2 atom stereocenters. The van der Waals surface area contributed by atoms with Crippen LogP contribution in [0.25, 0.3) is 0 Å². The summed E-state index contributed by atoms with van der Waals surface area (Å²) >= 11 is 0. The summed E-state index contributed by atoms with van der Waals surface area (Å²) in [5.41, 5.74) is 0. The van der Waals surface area contributed by atoms with Crippen LogP contribution in [-0.2, 0) is 19.2 Å². The van der Waals surface area contributed by atoms with Crippen LogP contribution in [0.2, 0.25) is 0 Å². The van der Waals surface area contributed by atoms with Crippen LogP contribution in [0.4, 0.5) is 0 Å². The highest BCUT2D eigenvalue weighted by Gasteiger charge is 2.22. The number of carboxylic acid groups (broad SMARTS) is 4. The summed E-state index contributed by atoms with van der Waals surface area (Å²) in [4.78, 5) is 42.6. The van der Waals surface area contributed by atoms with Gasteiger partial charge in [0.25, 0.3) is 0 Å². The molecule has 8 heteroatoms. The molecule has 21 heavy (non-hydrogen) atoms. The molecule has 0 heterocycles. The summed E-state index contributed by atoms with van der Waals surface area (Å²) in [7, 11) is 0. The van der Waals surface area contributed by atoms with Crippen LogP contribution in [0.5, 0.6) is 0 Å². The van der Waals surface area contributed by atoms with E-state index in [0.717, 1.165) is 0 Å². The molecular formula is C13H20O8. The van der Waals surface area contributed by atoms with E-state index in [2.05, 4.69) is 0 Å². The van der Waals surface area contributed by atoms with E-state index < -0.39 is 48.6 Å². The topological polar surface area (TPSA) is 149 Å². The number of unbranched alkanes of at least 4 members (excludes halogenated alkanes) is 2. The summed E-state index contributed by atoms with van der Waals surface area (Å²) in [5, 5.41) is 34.8. The standard InChI is InChI=1S/C13H20O8/c14-10(15)6-8(12(18)19)4-2-1-3-5-9(13(20)21)7-11(16)17/h8-9H,1-7H2,(H,14,15)(H,16,17)(H,18,19)(H,20,21). The van der Waals surface area contributed by atoms with Crippen molar-refractivity contribution in [1.29, 1.82) is 0 Å². The summed E-state index contributed by atoms with van der Waals surface area (Å²) in [6.45, 7) is 0. The van der Waals surface area contributed by atoms with Gasteiger partial charge >= 0.3 is 23.9 Å². The Balaban J connectivity index is 4.01. The zero-order valence-electron chi connectivity index (χ0n) is 11.5. The smallest absolute Gasteiger partial charge is 0.307 e. The van der Waals surface area contributed by atoms with Gasteiger partial charge in [-0.05, 0) is 12.8 Å². The molecule has 0 amide bonds. The fourth-order valence-corrected chi connectivity index (χ4v) is 2.01. The summed E-state index contributed by atoms with van der Waals surface area (Å²) in [5.74, 6) is -6.56. The normalized spacial score (nSPS) is 13.3. The van der Waals surface area contributed by atoms with Crippen molar-refractivity contribution < 1.29 is 39.6 Å². The van der Waals surface area contributed by atoms with E-state index in [-0.39, 0.29) is 12.8 Å². The maximum atomic E-state index is 10.8. The lowest BCUT2D eigenvalue weighted by atomic mass is 9.94. The molecule has 0 aliphatic rings. The van der Waals surface area contributed by atoms with Gasteiger partial charge in [-0.1, -0.05) is 19.3 Å². The Bertz CT molecular complexity index is 354. The Hall–Kier alpha value is -2.12. The maximum Gasteiger partial charge on any atom is 0.307 e. The van der Waals surface area contributed by atoms with Gasteiger partial charge in [-0.2, -0.15) is 0 Å². The Morgan fingerprint density at radius 3 is 1.19 bits per heavy atom. The number of carboxylic acids is 4. The third-order valence-corrected chi connectivity index (χ3v) is 3.15. The molecule has 0 rings (SSSR count). The molecular weight excluding hydrogens is 284 g/mol. The van der Waals surface area contributed by atoms with E-state index in [1.54, 1.807) is 0 Å². The monoisotopic (exact) mass is 304 g/mol. The van der Waals surface area contributed by atoms with Crippen molar-refractivity contribution in [2.75, 3.05) is 0 Å². The Morgan fingerprint density at radius 1 is 0.619 bits per heavy atom. The van der Waals surface area contributed by atoms with Crippen LogP contribution in [0.15, 0.2) is 0 Å². The van der Waals surface area contributed by atoms with Gasteiger partial charge in [-0.25, -0.2) is 0 Å². The summed E-state index contributed by atoms with van der Waals surface area (Å²) < 4.78 is 0. The lowest BCUT2D eigenvalue weighted by Gasteiger charge is -2.11. The second-order valence-electron chi connectivity index (χ2n) is 4.90. The lowest BCUT2D eigenvalue weighted by molar-refractivity contribution is -0.148. The van der Waals surface area contributed by atoms with Crippen LogP contribution >= 0.6 is 0 Å². The highest BCUT2D eigenvalue weighted by atomic mass is 16.4. The number of rotatable bonds is 12. The average Bonchev–Trinajstić information content (AvgIpc) is 2.34. The van der Waals surface area contributed by atoms with Gasteiger partial charge in [0.05, 0.1) is 24.7 Å². The first-order chi connectivity index (χ1) is 9.73. The van der Waals surface area contributed by atoms with Crippen molar-refractivity contribution in [1.82, 2.24) is 0 Å². The largest absolute Gasteiger partial charge is 0.481 e. The molecule has 0 saturated carbocycles. The van der Waals surface area contributed by atoms with Crippen molar-refractivity contribution in [3.63, 3.8) is 0 Å². The number of carbonyl (C=O) groups is 4. The van der Waals surface area contributed by atoms with E-state index in [1.165, 1.54) is 0 Å². The van der Waals surface area contributed by atoms with E-state index >= 15 is 0 Å². The first-order valence-corrected chi connectivity index (χ1v) is 6.63. The van der Waals surface area contributed by atoms with E-state index in [0.29, 0.717) is 19.3 Å². The van der Waals surface area contributed by atoms with Crippen LogP contribution in [0, 0.1) is 11.8 Å². The van der Waals surface area contributed by atoms with Crippen molar-refractivity contribution in [3.8, 4) is 0 Å².